The van der Waals surface area contributed by atoms with Crippen LogP contribution in [0.15, 0.2) is 54.6 Å². The van der Waals surface area contributed by atoms with Crippen molar-refractivity contribution in [2.75, 3.05) is 17.2 Å². The number of nitrogens with zero attached hydrogens (tertiary/aromatic N) is 2. The van der Waals surface area contributed by atoms with E-state index in [0.29, 0.717) is 30.4 Å². The van der Waals surface area contributed by atoms with Crippen LogP contribution in [0.1, 0.15) is 36.6 Å². The minimum absolute atomic E-state index is 0.176. The summed E-state index contributed by atoms with van der Waals surface area (Å²) in [6.45, 7) is 6.87. The van der Waals surface area contributed by atoms with E-state index < -0.39 is 0 Å². The molecule has 0 unspecified atom stereocenters. The largest absolute Gasteiger partial charge is 0.370 e. The zero-order valence-electron chi connectivity index (χ0n) is 16.0. The second-order valence-corrected chi connectivity index (χ2v) is 6.89. The van der Waals surface area contributed by atoms with Gasteiger partial charge in [-0.3, -0.25) is 0 Å². The van der Waals surface area contributed by atoms with E-state index in [9.17, 15) is 4.39 Å². The number of nitrogens with one attached hydrogen (secondary N) is 2. The standard InChI is InChI=1S/C22H25FN4/c1-15(2)17-8-10-19(11-9-17)26-22-25-16(3)14-21(27-22)24-13-12-18-6-4-5-7-20(18)23/h4-11,14-15H,12-13H2,1-3H3,(H2,24,25,26,27). The van der Waals surface area contributed by atoms with Gasteiger partial charge < -0.3 is 10.6 Å². The molecule has 0 bridgehead atoms. The van der Waals surface area contributed by atoms with E-state index >= 15 is 0 Å². The van der Waals surface area contributed by atoms with Crippen molar-refractivity contribution < 1.29 is 4.39 Å². The van der Waals surface area contributed by atoms with Crippen molar-refractivity contribution in [3.8, 4) is 0 Å². The Morgan fingerprint density at radius 3 is 2.44 bits per heavy atom. The molecule has 0 spiro atoms. The monoisotopic (exact) mass is 364 g/mol. The average molecular weight is 364 g/mol. The molecule has 3 rings (SSSR count). The third kappa shape index (κ3) is 5.26. The van der Waals surface area contributed by atoms with Crippen LogP contribution in [0.25, 0.3) is 0 Å². The van der Waals surface area contributed by atoms with E-state index in [1.165, 1.54) is 11.6 Å². The van der Waals surface area contributed by atoms with E-state index in [0.717, 1.165) is 17.2 Å². The molecule has 3 aromatic rings. The van der Waals surface area contributed by atoms with E-state index in [4.69, 9.17) is 0 Å². The third-order valence-electron chi connectivity index (χ3n) is 4.35. The number of rotatable bonds is 7. The summed E-state index contributed by atoms with van der Waals surface area (Å²) in [6, 6.07) is 17.0. The fourth-order valence-electron chi connectivity index (χ4n) is 2.82. The van der Waals surface area contributed by atoms with Gasteiger partial charge in [0.15, 0.2) is 0 Å². The first-order chi connectivity index (χ1) is 13.0. The van der Waals surface area contributed by atoms with Crippen LogP contribution in [-0.4, -0.2) is 16.5 Å². The molecule has 0 aliphatic rings. The van der Waals surface area contributed by atoms with Gasteiger partial charge in [0, 0.05) is 24.0 Å². The first kappa shape index (κ1) is 18.8. The predicted molar refractivity (Wildman–Crippen MR) is 109 cm³/mol. The van der Waals surface area contributed by atoms with Crippen molar-refractivity contribution in [3.63, 3.8) is 0 Å². The van der Waals surface area contributed by atoms with Gasteiger partial charge >= 0.3 is 0 Å². The second kappa shape index (κ2) is 8.62. The summed E-state index contributed by atoms with van der Waals surface area (Å²) < 4.78 is 13.7. The van der Waals surface area contributed by atoms with Crippen molar-refractivity contribution >= 4 is 17.5 Å². The Kier molecular flexibility index (Phi) is 6.01. The van der Waals surface area contributed by atoms with Crippen LogP contribution < -0.4 is 10.6 Å². The molecule has 5 heteroatoms. The Bertz CT molecular complexity index is 891. The molecule has 0 saturated heterocycles. The Hall–Kier alpha value is -2.95. The maximum Gasteiger partial charge on any atom is 0.229 e. The average Bonchev–Trinajstić information content (AvgIpc) is 2.63. The fraction of sp³-hybridized carbons (Fsp3) is 0.273. The smallest absolute Gasteiger partial charge is 0.229 e. The number of benzene rings is 2. The lowest BCUT2D eigenvalue weighted by molar-refractivity contribution is 0.610. The van der Waals surface area contributed by atoms with Gasteiger partial charge in [-0.05, 0) is 48.6 Å². The molecular weight excluding hydrogens is 339 g/mol. The van der Waals surface area contributed by atoms with Crippen molar-refractivity contribution in [2.24, 2.45) is 0 Å². The van der Waals surface area contributed by atoms with Crippen molar-refractivity contribution in [3.05, 3.63) is 77.2 Å². The molecule has 0 atom stereocenters. The molecule has 2 aromatic carbocycles. The van der Waals surface area contributed by atoms with Crippen LogP contribution in [0.5, 0.6) is 0 Å². The molecule has 1 heterocycles. The van der Waals surface area contributed by atoms with Crippen LogP contribution in [0, 0.1) is 12.7 Å². The van der Waals surface area contributed by atoms with Crippen LogP contribution in [0.2, 0.25) is 0 Å². The van der Waals surface area contributed by atoms with Gasteiger partial charge in [0.2, 0.25) is 5.95 Å². The third-order valence-corrected chi connectivity index (χ3v) is 4.35. The van der Waals surface area contributed by atoms with Gasteiger partial charge in [0.05, 0.1) is 0 Å². The second-order valence-electron chi connectivity index (χ2n) is 6.89. The minimum Gasteiger partial charge on any atom is -0.370 e. The summed E-state index contributed by atoms with van der Waals surface area (Å²) in [5, 5.41) is 6.50. The zero-order valence-corrected chi connectivity index (χ0v) is 16.0. The molecule has 27 heavy (non-hydrogen) atoms. The van der Waals surface area contributed by atoms with E-state index in [1.54, 1.807) is 12.1 Å². The summed E-state index contributed by atoms with van der Waals surface area (Å²) in [4.78, 5) is 8.96. The Labute approximate surface area is 159 Å². The first-order valence-electron chi connectivity index (χ1n) is 9.21. The fourth-order valence-corrected chi connectivity index (χ4v) is 2.82. The van der Waals surface area contributed by atoms with Gasteiger partial charge in [0.1, 0.15) is 11.6 Å². The molecule has 0 aliphatic carbocycles. The van der Waals surface area contributed by atoms with Crippen molar-refractivity contribution in [1.82, 2.24) is 9.97 Å². The SMILES string of the molecule is Cc1cc(NCCc2ccccc2F)nc(Nc2ccc(C(C)C)cc2)n1. The van der Waals surface area contributed by atoms with Gasteiger partial charge in [-0.1, -0.05) is 44.2 Å². The maximum absolute atomic E-state index is 13.7. The van der Waals surface area contributed by atoms with Gasteiger partial charge in [-0.2, -0.15) is 4.98 Å². The molecule has 4 nitrogen and oxygen atoms in total. The highest BCUT2D eigenvalue weighted by Gasteiger charge is 2.05. The quantitative estimate of drug-likeness (QED) is 0.586. The lowest BCUT2D eigenvalue weighted by Gasteiger charge is -2.11. The number of aromatic nitrogens is 2. The number of halogens is 1. The Morgan fingerprint density at radius 1 is 1.00 bits per heavy atom. The summed E-state index contributed by atoms with van der Waals surface area (Å²) in [5.41, 5.74) is 3.79. The zero-order chi connectivity index (χ0) is 19.2. The van der Waals surface area contributed by atoms with Crippen LogP contribution in [0.3, 0.4) is 0 Å². The van der Waals surface area contributed by atoms with Crippen molar-refractivity contribution in [1.29, 1.82) is 0 Å². The lowest BCUT2D eigenvalue weighted by atomic mass is 10.0. The summed E-state index contributed by atoms with van der Waals surface area (Å²) >= 11 is 0. The number of hydrogen-bond acceptors (Lipinski definition) is 4. The Balaban J connectivity index is 1.64. The highest BCUT2D eigenvalue weighted by molar-refractivity contribution is 5.56. The molecule has 0 radical (unpaired) electrons. The predicted octanol–water partition coefficient (Wildman–Crippen LogP) is 5.45. The summed E-state index contributed by atoms with van der Waals surface area (Å²) in [6.07, 6.45) is 0.592. The minimum atomic E-state index is -0.176. The molecular formula is C22H25FN4. The van der Waals surface area contributed by atoms with E-state index in [-0.39, 0.29) is 5.82 Å². The number of hydrogen-bond donors (Lipinski definition) is 2. The first-order valence-corrected chi connectivity index (χ1v) is 9.21. The highest BCUT2D eigenvalue weighted by atomic mass is 19.1. The topological polar surface area (TPSA) is 49.8 Å². The number of aryl methyl sites for hydroxylation is 1. The van der Waals surface area contributed by atoms with Crippen LogP contribution >= 0.6 is 0 Å². The van der Waals surface area contributed by atoms with E-state index in [2.05, 4.69) is 46.6 Å². The molecule has 2 N–H and O–H groups in total. The molecule has 0 saturated carbocycles. The normalized spacial score (nSPS) is 10.9. The van der Waals surface area contributed by atoms with Crippen molar-refractivity contribution in [2.45, 2.75) is 33.1 Å². The van der Waals surface area contributed by atoms with Crippen LogP contribution in [0.4, 0.5) is 21.8 Å². The van der Waals surface area contributed by atoms with Gasteiger partial charge in [-0.25, -0.2) is 9.37 Å². The molecule has 0 fully saturated rings. The highest BCUT2D eigenvalue weighted by Crippen LogP contribution is 2.20. The Morgan fingerprint density at radius 2 is 1.74 bits per heavy atom. The molecule has 0 aliphatic heterocycles. The van der Waals surface area contributed by atoms with Gasteiger partial charge in [0.25, 0.3) is 0 Å². The summed E-state index contributed by atoms with van der Waals surface area (Å²) in [7, 11) is 0. The van der Waals surface area contributed by atoms with Crippen LogP contribution in [-0.2, 0) is 6.42 Å². The molecule has 0 amide bonds. The lowest BCUT2D eigenvalue weighted by Crippen LogP contribution is -2.09. The molecule has 1 aromatic heterocycles. The molecule has 140 valence electrons. The van der Waals surface area contributed by atoms with Gasteiger partial charge in [-0.15, -0.1) is 0 Å². The van der Waals surface area contributed by atoms with E-state index in [1.807, 2.05) is 31.2 Å². The maximum atomic E-state index is 13.7. The summed E-state index contributed by atoms with van der Waals surface area (Å²) in [5.74, 6) is 1.59. The number of anilines is 3.